The highest BCUT2D eigenvalue weighted by Gasteiger charge is 2.41. The minimum absolute atomic E-state index is 0.153. The van der Waals surface area contributed by atoms with Crippen molar-refractivity contribution in [1.29, 1.82) is 0 Å². The minimum Gasteiger partial charge on any atom is -0.497 e. The molecule has 0 saturated carbocycles. The van der Waals surface area contributed by atoms with Crippen LogP contribution in [0.15, 0.2) is 36.4 Å². The zero-order valence-corrected chi connectivity index (χ0v) is 16.3. The number of cyclic esters (lactones) is 1. The van der Waals surface area contributed by atoms with Crippen molar-refractivity contribution < 1.29 is 28.5 Å². The van der Waals surface area contributed by atoms with Crippen LogP contribution in [0.25, 0.3) is 0 Å². The maximum absolute atomic E-state index is 12.2. The largest absolute Gasteiger partial charge is 0.497 e. The summed E-state index contributed by atoms with van der Waals surface area (Å²) in [6, 6.07) is 7.65. The van der Waals surface area contributed by atoms with Crippen LogP contribution in [0.2, 0.25) is 0 Å². The number of fused-ring (bicyclic) bond motifs is 1. The Labute approximate surface area is 160 Å². The number of carbonyl (C=O) groups excluding carboxylic acids is 1. The van der Waals surface area contributed by atoms with Crippen LogP contribution in [0.5, 0.6) is 5.75 Å². The standard InChI is InChI=1S/C21H28O6/c1-14-11-19-18(26-21(2,3)27-19)10-9-17(12-20(22)25-14)24-13-15-5-7-16(23-4)8-6-15/h5-10,14,17-19H,11-13H2,1-4H3/b10-9+/t14-,17-,18+,19+/m1/s1. The van der Waals surface area contributed by atoms with Crippen molar-refractivity contribution in [3.05, 3.63) is 42.0 Å². The molecule has 2 aliphatic rings. The number of methoxy groups -OCH3 is 1. The molecule has 2 aliphatic heterocycles. The number of ether oxygens (including phenoxy) is 5. The number of benzene rings is 1. The summed E-state index contributed by atoms with van der Waals surface area (Å²) < 4.78 is 28.6. The highest BCUT2D eigenvalue weighted by Crippen LogP contribution is 2.32. The molecule has 0 N–H and O–H groups in total. The van der Waals surface area contributed by atoms with Gasteiger partial charge in [-0.25, -0.2) is 0 Å². The lowest BCUT2D eigenvalue weighted by molar-refractivity contribution is -0.156. The van der Waals surface area contributed by atoms with Crippen molar-refractivity contribution in [2.24, 2.45) is 0 Å². The van der Waals surface area contributed by atoms with Gasteiger partial charge in [-0.15, -0.1) is 0 Å². The average Bonchev–Trinajstić information content (AvgIpc) is 2.90. The van der Waals surface area contributed by atoms with Gasteiger partial charge >= 0.3 is 5.97 Å². The van der Waals surface area contributed by atoms with Crippen LogP contribution in [0, 0.1) is 0 Å². The Balaban J connectivity index is 1.69. The second-order valence-electron chi connectivity index (χ2n) is 7.46. The molecule has 6 nitrogen and oxygen atoms in total. The number of rotatable bonds is 4. The minimum atomic E-state index is -0.656. The fraction of sp³-hybridized carbons (Fsp3) is 0.571. The van der Waals surface area contributed by atoms with E-state index >= 15 is 0 Å². The van der Waals surface area contributed by atoms with Gasteiger partial charge in [-0.1, -0.05) is 24.3 Å². The summed E-state index contributed by atoms with van der Waals surface area (Å²) in [4.78, 5) is 12.2. The fourth-order valence-corrected chi connectivity index (χ4v) is 3.36. The Bertz CT molecular complexity index is 666. The van der Waals surface area contributed by atoms with Gasteiger partial charge in [-0.2, -0.15) is 0 Å². The molecule has 1 aromatic carbocycles. The lowest BCUT2D eigenvalue weighted by Gasteiger charge is -2.23. The van der Waals surface area contributed by atoms with E-state index in [4.69, 9.17) is 23.7 Å². The molecule has 6 heteroatoms. The van der Waals surface area contributed by atoms with E-state index in [9.17, 15) is 4.79 Å². The van der Waals surface area contributed by atoms with E-state index in [0.717, 1.165) is 11.3 Å². The van der Waals surface area contributed by atoms with Gasteiger partial charge in [0.05, 0.1) is 32.3 Å². The smallest absolute Gasteiger partial charge is 0.309 e. The van der Waals surface area contributed by atoms with Crippen molar-refractivity contribution in [1.82, 2.24) is 0 Å². The van der Waals surface area contributed by atoms with E-state index in [1.54, 1.807) is 7.11 Å². The van der Waals surface area contributed by atoms with E-state index in [-0.39, 0.29) is 30.7 Å². The molecule has 0 aliphatic carbocycles. The summed E-state index contributed by atoms with van der Waals surface area (Å²) >= 11 is 0. The number of hydrogen-bond donors (Lipinski definition) is 0. The molecule has 27 heavy (non-hydrogen) atoms. The summed E-state index contributed by atoms with van der Waals surface area (Å²) in [7, 11) is 1.63. The third kappa shape index (κ3) is 5.54. The molecular weight excluding hydrogens is 348 g/mol. The molecule has 4 atom stereocenters. The highest BCUT2D eigenvalue weighted by atomic mass is 16.8. The highest BCUT2D eigenvalue weighted by molar-refractivity contribution is 5.70. The average molecular weight is 376 g/mol. The van der Waals surface area contributed by atoms with Crippen molar-refractivity contribution in [3.63, 3.8) is 0 Å². The summed E-state index contributed by atoms with van der Waals surface area (Å²) in [6.07, 6.45) is 3.62. The molecule has 3 rings (SSSR count). The number of esters is 1. The van der Waals surface area contributed by atoms with Gasteiger partial charge in [0.25, 0.3) is 0 Å². The summed E-state index contributed by atoms with van der Waals surface area (Å²) in [5, 5.41) is 0. The van der Waals surface area contributed by atoms with Crippen molar-refractivity contribution >= 4 is 5.97 Å². The van der Waals surface area contributed by atoms with Crippen LogP contribution in [-0.4, -0.2) is 43.3 Å². The topological polar surface area (TPSA) is 63.2 Å². The van der Waals surface area contributed by atoms with Crippen molar-refractivity contribution in [2.45, 2.75) is 70.4 Å². The van der Waals surface area contributed by atoms with E-state index in [1.807, 2.05) is 57.2 Å². The van der Waals surface area contributed by atoms with E-state index in [0.29, 0.717) is 13.0 Å². The first kappa shape index (κ1) is 19.9. The van der Waals surface area contributed by atoms with Crippen LogP contribution >= 0.6 is 0 Å². The van der Waals surface area contributed by atoms with Crippen LogP contribution in [-0.2, 0) is 30.3 Å². The Morgan fingerprint density at radius 2 is 1.89 bits per heavy atom. The van der Waals surface area contributed by atoms with Crippen LogP contribution in [0.1, 0.15) is 39.2 Å². The summed E-state index contributed by atoms with van der Waals surface area (Å²) in [6.45, 7) is 6.05. The lowest BCUT2D eigenvalue weighted by atomic mass is 10.0. The van der Waals surface area contributed by atoms with Crippen molar-refractivity contribution in [3.8, 4) is 5.75 Å². The monoisotopic (exact) mass is 376 g/mol. The molecule has 0 radical (unpaired) electrons. The zero-order valence-electron chi connectivity index (χ0n) is 16.3. The lowest BCUT2D eigenvalue weighted by Crippen LogP contribution is -2.30. The third-order valence-electron chi connectivity index (χ3n) is 4.62. The third-order valence-corrected chi connectivity index (χ3v) is 4.62. The Morgan fingerprint density at radius 3 is 2.59 bits per heavy atom. The molecule has 1 aromatic rings. The molecule has 0 spiro atoms. The first-order valence-corrected chi connectivity index (χ1v) is 9.32. The molecule has 1 fully saturated rings. The zero-order chi connectivity index (χ0) is 19.4. The van der Waals surface area contributed by atoms with Gasteiger partial charge in [0, 0.05) is 6.42 Å². The Morgan fingerprint density at radius 1 is 1.15 bits per heavy atom. The van der Waals surface area contributed by atoms with Gasteiger partial charge < -0.3 is 23.7 Å². The van der Waals surface area contributed by atoms with E-state index in [2.05, 4.69) is 0 Å². The predicted molar refractivity (Wildman–Crippen MR) is 99.3 cm³/mol. The summed E-state index contributed by atoms with van der Waals surface area (Å²) in [5.74, 6) is -0.137. The maximum atomic E-state index is 12.2. The van der Waals surface area contributed by atoms with Gasteiger partial charge in [0.1, 0.15) is 18.0 Å². The molecule has 0 bridgehead atoms. The van der Waals surface area contributed by atoms with Gasteiger partial charge in [-0.05, 0) is 38.5 Å². The van der Waals surface area contributed by atoms with Crippen LogP contribution in [0.4, 0.5) is 0 Å². The van der Waals surface area contributed by atoms with Crippen molar-refractivity contribution in [2.75, 3.05) is 7.11 Å². The number of hydrogen-bond acceptors (Lipinski definition) is 6. The predicted octanol–water partition coefficient (Wildman–Crippen LogP) is 3.38. The Kier molecular flexibility index (Phi) is 6.19. The van der Waals surface area contributed by atoms with Gasteiger partial charge in [0.2, 0.25) is 0 Å². The summed E-state index contributed by atoms with van der Waals surface area (Å²) in [5.41, 5.74) is 1.00. The van der Waals surface area contributed by atoms with Gasteiger partial charge in [0.15, 0.2) is 5.79 Å². The van der Waals surface area contributed by atoms with E-state index in [1.165, 1.54) is 0 Å². The normalized spacial score (nSPS) is 31.6. The molecule has 0 unspecified atom stereocenters. The van der Waals surface area contributed by atoms with Crippen LogP contribution in [0.3, 0.4) is 0 Å². The van der Waals surface area contributed by atoms with E-state index < -0.39 is 11.9 Å². The molecule has 0 amide bonds. The molecule has 148 valence electrons. The second-order valence-corrected chi connectivity index (χ2v) is 7.46. The van der Waals surface area contributed by atoms with Crippen LogP contribution < -0.4 is 4.74 Å². The quantitative estimate of drug-likeness (QED) is 0.593. The SMILES string of the molecule is COc1ccc(CO[C@@H]2/C=C/[C@@H]3OC(C)(C)O[C@H]3C[C@@H](C)OC(=O)C2)cc1. The molecule has 1 saturated heterocycles. The van der Waals surface area contributed by atoms with Gasteiger partial charge in [-0.3, -0.25) is 4.79 Å². The molecular formula is C21H28O6. The first-order chi connectivity index (χ1) is 12.8. The molecule has 2 heterocycles. The maximum Gasteiger partial charge on any atom is 0.309 e. The second kappa shape index (κ2) is 8.42. The number of carbonyl (C=O) groups is 1. The fourth-order valence-electron chi connectivity index (χ4n) is 3.36. The Hall–Kier alpha value is -1.89. The molecule has 0 aromatic heterocycles. The first-order valence-electron chi connectivity index (χ1n) is 9.32.